The molecule has 0 spiro atoms. The van der Waals surface area contributed by atoms with E-state index in [4.69, 9.17) is 4.74 Å². The van der Waals surface area contributed by atoms with E-state index in [1.54, 1.807) is 18.2 Å². The standard InChI is InChI=1S/C16H20N2O3/c1-10(11-5-2-3-6-11)16(20)18-13-8-4-7-12-15(13)21-9-14(19)17-12/h4,7-8,10-11H,2-3,5-6,9H2,1H3,(H,17,19)(H,18,20). The van der Waals surface area contributed by atoms with Crippen molar-refractivity contribution in [1.82, 2.24) is 0 Å². The summed E-state index contributed by atoms with van der Waals surface area (Å²) in [5, 5.41) is 5.69. The van der Waals surface area contributed by atoms with Crippen molar-refractivity contribution in [3.05, 3.63) is 18.2 Å². The van der Waals surface area contributed by atoms with Gasteiger partial charge in [0.1, 0.15) is 0 Å². The molecule has 2 amide bonds. The van der Waals surface area contributed by atoms with Crippen molar-refractivity contribution in [3.8, 4) is 5.75 Å². The molecule has 0 radical (unpaired) electrons. The molecule has 1 atom stereocenters. The lowest BCUT2D eigenvalue weighted by molar-refractivity contribution is -0.120. The molecule has 1 fully saturated rings. The number of fused-ring (bicyclic) bond motifs is 1. The van der Waals surface area contributed by atoms with Gasteiger partial charge < -0.3 is 15.4 Å². The van der Waals surface area contributed by atoms with Gasteiger partial charge >= 0.3 is 0 Å². The zero-order chi connectivity index (χ0) is 14.8. The lowest BCUT2D eigenvalue weighted by atomic mass is 9.92. The van der Waals surface area contributed by atoms with Crippen LogP contribution in [0.2, 0.25) is 0 Å². The Morgan fingerprint density at radius 2 is 2.14 bits per heavy atom. The SMILES string of the molecule is CC(C(=O)Nc1cccc2c1OCC(=O)N2)C1CCCC1. The third-order valence-corrected chi connectivity index (χ3v) is 4.42. The van der Waals surface area contributed by atoms with Gasteiger partial charge in [-0.1, -0.05) is 25.8 Å². The summed E-state index contributed by atoms with van der Waals surface area (Å²) in [6, 6.07) is 5.36. The van der Waals surface area contributed by atoms with E-state index in [1.165, 1.54) is 12.8 Å². The van der Waals surface area contributed by atoms with Gasteiger partial charge in [-0.3, -0.25) is 9.59 Å². The first-order chi connectivity index (χ1) is 10.1. The van der Waals surface area contributed by atoms with Crippen molar-refractivity contribution in [3.63, 3.8) is 0 Å². The third-order valence-electron chi connectivity index (χ3n) is 4.42. The highest BCUT2D eigenvalue weighted by atomic mass is 16.5. The molecule has 1 saturated carbocycles. The van der Waals surface area contributed by atoms with E-state index in [-0.39, 0.29) is 24.3 Å². The van der Waals surface area contributed by atoms with Crippen LogP contribution in [0.4, 0.5) is 11.4 Å². The molecule has 1 aromatic rings. The molecule has 1 aromatic carbocycles. The molecule has 1 aliphatic heterocycles. The van der Waals surface area contributed by atoms with Gasteiger partial charge in [-0.25, -0.2) is 0 Å². The Kier molecular flexibility index (Phi) is 3.82. The molecule has 3 rings (SSSR count). The molecule has 0 bridgehead atoms. The Hall–Kier alpha value is -2.04. The fourth-order valence-corrected chi connectivity index (χ4v) is 3.13. The van der Waals surface area contributed by atoms with E-state index < -0.39 is 0 Å². The zero-order valence-corrected chi connectivity index (χ0v) is 12.1. The molecule has 0 saturated heterocycles. The highest BCUT2D eigenvalue weighted by molar-refractivity contribution is 6.00. The van der Waals surface area contributed by atoms with E-state index in [2.05, 4.69) is 10.6 Å². The largest absolute Gasteiger partial charge is 0.479 e. The van der Waals surface area contributed by atoms with Crippen LogP contribution in [0.1, 0.15) is 32.6 Å². The fourth-order valence-electron chi connectivity index (χ4n) is 3.13. The van der Waals surface area contributed by atoms with Crippen LogP contribution in [0, 0.1) is 11.8 Å². The van der Waals surface area contributed by atoms with Crippen molar-refractivity contribution >= 4 is 23.2 Å². The number of nitrogens with one attached hydrogen (secondary N) is 2. The Balaban J connectivity index is 1.74. The highest BCUT2D eigenvalue weighted by Crippen LogP contribution is 2.37. The van der Waals surface area contributed by atoms with Crippen molar-refractivity contribution in [1.29, 1.82) is 0 Å². The molecule has 5 heteroatoms. The summed E-state index contributed by atoms with van der Waals surface area (Å²) >= 11 is 0. The molecule has 2 aliphatic rings. The summed E-state index contributed by atoms with van der Waals surface area (Å²) in [5.41, 5.74) is 1.24. The molecule has 1 aliphatic carbocycles. The second kappa shape index (κ2) is 5.76. The first-order valence-electron chi connectivity index (χ1n) is 7.51. The van der Waals surface area contributed by atoms with Crippen molar-refractivity contribution < 1.29 is 14.3 Å². The maximum atomic E-state index is 12.4. The smallest absolute Gasteiger partial charge is 0.262 e. The minimum Gasteiger partial charge on any atom is -0.479 e. The summed E-state index contributed by atoms with van der Waals surface area (Å²) in [4.78, 5) is 23.7. The van der Waals surface area contributed by atoms with Crippen LogP contribution >= 0.6 is 0 Å². The van der Waals surface area contributed by atoms with Crippen molar-refractivity contribution in [2.75, 3.05) is 17.2 Å². The molecular formula is C16H20N2O3. The van der Waals surface area contributed by atoms with Gasteiger partial charge in [-0.2, -0.15) is 0 Å². The Bertz CT molecular complexity index is 565. The van der Waals surface area contributed by atoms with E-state index in [9.17, 15) is 9.59 Å². The zero-order valence-electron chi connectivity index (χ0n) is 12.1. The molecule has 0 aromatic heterocycles. The molecule has 21 heavy (non-hydrogen) atoms. The summed E-state index contributed by atoms with van der Waals surface area (Å²) in [6.07, 6.45) is 4.71. The van der Waals surface area contributed by atoms with Gasteiger partial charge in [0.15, 0.2) is 12.4 Å². The van der Waals surface area contributed by atoms with Crippen LogP contribution in [-0.4, -0.2) is 18.4 Å². The second-order valence-corrected chi connectivity index (χ2v) is 5.84. The average molecular weight is 288 g/mol. The number of rotatable bonds is 3. The number of hydrogen-bond acceptors (Lipinski definition) is 3. The van der Waals surface area contributed by atoms with Crippen LogP contribution in [0.5, 0.6) is 5.75 Å². The fraction of sp³-hybridized carbons (Fsp3) is 0.500. The minimum atomic E-state index is -0.176. The van der Waals surface area contributed by atoms with Gasteiger partial charge in [-0.05, 0) is 30.9 Å². The number of ether oxygens (including phenoxy) is 1. The molecule has 5 nitrogen and oxygen atoms in total. The summed E-state index contributed by atoms with van der Waals surface area (Å²) in [6.45, 7) is 1.97. The maximum absolute atomic E-state index is 12.4. The quantitative estimate of drug-likeness (QED) is 0.898. The molecule has 112 valence electrons. The van der Waals surface area contributed by atoms with Gasteiger partial charge in [0.2, 0.25) is 5.91 Å². The van der Waals surface area contributed by atoms with E-state index in [0.717, 1.165) is 12.8 Å². The lowest BCUT2D eigenvalue weighted by Gasteiger charge is -2.23. The minimum absolute atomic E-state index is 0.00142. The highest BCUT2D eigenvalue weighted by Gasteiger charge is 2.28. The topological polar surface area (TPSA) is 67.4 Å². The average Bonchev–Trinajstić information content (AvgIpc) is 3.00. The van der Waals surface area contributed by atoms with E-state index in [0.29, 0.717) is 23.0 Å². The van der Waals surface area contributed by atoms with Crippen LogP contribution < -0.4 is 15.4 Å². The lowest BCUT2D eigenvalue weighted by Crippen LogP contribution is -2.28. The predicted molar refractivity (Wildman–Crippen MR) is 80.3 cm³/mol. The van der Waals surface area contributed by atoms with Gasteiger partial charge in [0.25, 0.3) is 5.91 Å². The normalized spacial score (nSPS) is 19.4. The molecule has 1 unspecified atom stereocenters. The van der Waals surface area contributed by atoms with Gasteiger partial charge in [-0.15, -0.1) is 0 Å². The monoisotopic (exact) mass is 288 g/mol. The number of benzene rings is 1. The molecular weight excluding hydrogens is 268 g/mol. The van der Waals surface area contributed by atoms with Gasteiger partial charge in [0.05, 0.1) is 11.4 Å². The maximum Gasteiger partial charge on any atom is 0.262 e. The number of hydrogen-bond donors (Lipinski definition) is 2. The second-order valence-electron chi connectivity index (χ2n) is 5.84. The Labute approximate surface area is 124 Å². The number of para-hydroxylation sites is 1. The van der Waals surface area contributed by atoms with Crippen LogP contribution in [0.25, 0.3) is 0 Å². The van der Waals surface area contributed by atoms with Crippen molar-refractivity contribution in [2.45, 2.75) is 32.6 Å². The van der Waals surface area contributed by atoms with E-state index in [1.807, 2.05) is 6.92 Å². The Morgan fingerprint density at radius 1 is 1.38 bits per heavy atom. The third kappa shape index (κ3) is 2.86. The van der Waals surface area contributed by atoms with Crippen LogP contribution in [0.15, 0.2) is 18.2 Å². The number of amides is 2. The summed E-state index contributed by atoms with van der Waals surface area (Å²) in [5.74, 6) is 0.872. The number of carbonyl (C=O) groups is 2. The first kappa shape index (κ1) is 13.9. The predicted octanol–water partition coefficient (Wildman–Crippen LogP) is 2.78. The Morgan fingerprint density at radius 3 is 2.90 bits per heavy atom. The summed E-state index contributed by atoms with van der Waals surface area (Å²) < 4.78 is 5.45. The number of anilines is 2. The van der Waals surface area contributed by atoms with Crippen LogP contribution in [-0.2, 0) is 9.59 Å². The molecule has 1 heterocycles. The first-order valence-corrected chi connectivity index (χ1v) is 7.51. The van der Waals surface area contributed by atoms with Crippen LogP contribution in [0.3, 0.4) is 0 Å². The van der Waals surface area contributed by atoms with Crippen molar-refractivity contribution in [2.24, 2.45) is 11.8 Å². The summed E-state index contributed by atoms with van der Waals surface area (Å²) in [7, 11) is 0. The number of carbonyl (C=O) groups excluding carboxylic acids is 2. The van der Waals surface area contributed by atoms with Gasteiger partial charge in [0, 0.05) is 5.92 Å². The molecule has 2 N–H and O–H groups in total. The van der Waals surface area contributed by atoms with E-state index >= 15 is 0 Å².